The first-order valence-electron chi connectivity index (χ1n) is 12.5. The van der Waals surface area contributed by atoms with Gasteiger partial charge in [-0.15, -0.1) is 11.8 Å². The van der Waals surface area contributed by atoms with Gasteiger partial charge in [-0.25, -0.2) is 0 Å². The predicted molar refractivity (Wildman–Crippen MR) is 155 cm³/mol. The highest BCUT2D eigenvalue weighted by molar-refractivity contribution is 8.00. The molecular weight excluding hydrogens is 510 g/mol. The van der Waals surface area contributed by atoms with Crippen LogP contribution in [0.25, 0.3) is 6.08 Å². The van der Waals surface area contributed by atoms with E-state index in [-0.39, 0.29) is 16.9 Å². The molecule has 0 spiro atoms. The normalized spacial score (nSPS) is 11.9. The molecule has 7 nitrogen and oxygen atoms in total. The molecule has 1 heterocycles. The zero-order valence-corrected chi connectivity index (χ0v) is 22.5. The smallest absolute Gasteiger partial charge is 0.272 e. The van der Waals surface area contributed by atoms with E-state index in [0.29, 0.717) is 23.4 Å². The van der Waals surface area contributed by atoms with Gasteiger partial charge in [-0.05, 0) is 73.5 Å². The van der Waals surface area contributed by atoms with Crippen LogP contribution >= 0.6 is 11.8 Å². The van der Waals surface area contributed by atoms with Gasteiger partial charge < -0.3 is 20.4 Å². The second-order valence-electron chi connectivity index (χ2n) is 8.75. The summed E-state index contributed by atoms with van der Waals surface area (Å²) in [5.74, 6) is -0.599. The average Bonchev–Trinajstić information content (AvgIpc) is 3.45. The van der Waals surface area contributed by atoms with E-state index in [0.717, 1.165) is 16.1 Å². The first-order valence-corrected chi connectivity index (χ1v) is 13.4. The lowest BCUT2D eigenvalue weighted by Crippen LogP contribution is -2.30. The highest BCUT2D eigenvalue weighted by Crippen LogP contribution is 2.29. The van der Waals surface area contributed by atoms with Crippen molar-refractivity contribution in [1.29, 1.82) is 0 Å². The van der Waals surface area contributed by atoms with Crippen molar-refractivity contribution in [2.24, 2.45) is 0 Å². The summed E-state index contributed by atoms with van der Waals surface area (Å²) in [5.41, 5.74) is 2.80. The lowest BCUT2D eigenvalue weighted by atomic mass is 10.2. The van der Waals surface area contributed by atoms with Crippen LogP contribution in [-0.2, 0) is 9.59 Å². The van der Waals surface area contributed by atoms with Crippen LogP contribution in [0.3, 0.4) is 0 Å². The number of amides is 3. The van der Waals surface area contributed by atoms with E-state index < -0.39 is 11.8 Å². The number of rotatable bonds is 10. The molecule has 198 valence electrons. The molecule has 0 fully saturated rings. The van der Waals surface area contributed by atoms with Crippen LogP contribution in [0.5, 0.6) is 0 Å². The zero-order chi connectivity index (χ0) is 27.6. The Hall–Kier alpha value is -4.56. The Bertz CT molecular complexity index is 1470. The van der Waals surface area contributed by atoms with Gasteiger partial charge in [-0.3, -0.25) is 14.4 Å². The summed E-state index contributed by atoms with van der Waals surface area (Å²) in [7, 11) is 0. The molecule has 0 aliphatic carbocycles. The maximum absolute atomic E-state index is 13.2. The summed E-state index contributed by atoms with van der Waals surface area (Å²) in [6, 6.07) is 26.9. The summed E-state index contributed by atoms with van der Waals surface area (Å²) in [5, 5.41) is 8.18. The number of thioether (sulfide) groups is 1. The monoisotopic (exact) mass is 539 g/mol. The number of carbonyl (C=O) groups excluding carboxylic acids is 3. The second-order valence-corrected chi connectivity index (χ2v) is 10.0. The Morgan fingerprint density at radius 1 is 0.872 bits per heavy atom. The minimum absolute atomic E-state index is 0.0285. The topological polar surface area (TPSA) is 100 Å². The molecule has 4 aromatic rings. The molecule has 3 amide bonds. The molecular formula is C31H29N3O4S. The number of benzene rings is 3. The summed E-state index contributed by atoms with van der Waals surface area (Å²) in [4.78, 5) is 39.7. The van der Waals surface area contributed by atoms with Gasteiger partial charge in [-0.1, -0.05) is 43.3 Å². The predicted octanol–water partition coefficient (Wildman–Crippen LogP) is 6.51. The van der Waals surface area contributed by atoms with Crippen molar-refractivity contribution in [3.05, 3.63) is 120 Å². The van der Waals surface area contributed by atoms with E-state index >= 15 is 0 Å². The molecule has 1 aromatic heterocycles. The van der Waals surface area contributed by atoms with E-state index in [1.54, 1.807) is 48.5 Å². The molecule has 0 saturated heterocycles. The third-order valence-electron chi connectivity index (χ3n) is 5.68. The third-order valence-corrected chi connectivity index (χ3v) is 7.04. The quantitative estimate of drug-likeness (QED) is 0.158. The number of hydrogen-bond acceptors (Lipinski definition) is 5. The van der Waals surface area contributed by atoms with Gasteiger partial charge in [0.2, 0.25) is 5.91 Å². The minimum Gasteiger partial charge on any atom is -0.465 e. The number of aryl methyl sites for hydroxylation is 1. The molecule has 3 aromatic carbocycles. The minimum atomic E-state index is -0.512. The Morgan fingerprint density at radius 3 is 2.31 bits per heavy atom. The molecule has 0 aliphatic heterocycles. The highest BCUT2D eigenvalue weighted by atomic mass is 32.2. The average molecular weight is 540 g/mol. The molecule has 3 N–H and O–H groups in total. The van der Waals surface area contributed by atoms with Crippen molar-refractivity contribution in [2.75, 3.05) is 10.6 Å². The van der Waals surface area contributed by atoms with Gasteiger partial charge >= 0.3 is 0 Å². The van der Waals surface area contributed by atoms with Crippen molar-refractivity contribution < 1.29 is 18.8 Å². The van der Waals surface area contributed by atoms with Crippen LogP contribution in [0.1, 0.15) is 35.0 Å². The maximum Gasteiger partial charge on any atom is 0.272 e. The molecule has 39 heavy (non-hydrogen) atoms. The van der Waals surface area contributed by atoms with Crippen LogP contribution in [-0.4, -0.2) is 23.0 Å². The fourth-order valence-electron chi connectivity index (χ4n) is 3.74. The standard InChI is InChI=1S/C31H29N3O4S/c1-3-28(31(37)33-23-13-7-10-21(2)18-23)39-26-16-8-14-24(19-26)32-30(36)27(20-25-15-9-17-38-25)34-29(35)22-11-5-4-6-12-22/h4-20,28H,3H2,1-2H3,(H,32,36)(H,33,37)(H,34,35)/b27-20-. The van der Waals surface area contributed by atoms with Crippen LogP contribution < -0.4 is 16.0 Å². The van der Waals surface area contributed by atoms with Crippen LogP contribution in [0.4, 0.5) is 11.4 Å². The molecule has 0 bridgehead atoms. The van der Waals surface area contributed by atoms with E-state index in [1.165, 1.54) is 24.1 Å². The molecule has 0 aliphatic rings. The highest BCUT2D eigenvalue weighted by Gasteiger charge is 2.19. The lowest BCUT2D eigenvalue weighted by Gasteiger charge is -2.16. The molecule has 0 radical (unpaired) electrons. The molecule has 8 heteroatoms. The van der Waals surface area contributed by atoms with E-state index in [9.17, 15) is 14.4 Å². The fourth-order valence-corrected chi connectivity index (χ4v) is 4.75. The summed E-state index contributed by atoms with van der Waals surface area (Å²) in [6.07, 6.45) is 3.58. The van der Waals surface area contributed by atoms with E-state index in [2.05, 4.69) is 16.0 Å². The van der Waals surface area contributed by atoms with Crippen molar-refractivity contribution in [1.82, 2.24) is 5.32 Å². The van der Waals surface area contributed by atoms with Crippen LogP contribution in [0.2, 0.25) is 0 Å². The molecule has 1 atom stereocenters. The fraction of sp³-hybridized carbons (Fsp3) is 0.129. The first kappa shape index (κ1) is 27.5. The lowest BCUT2D eigenvalue weighted by molar-refractivity contribution is -0.116. The summed E-state index contributed by atoms with van der Waals surface area (Å²) < 4.78 is 5.35. The zero-order valence-electron chi connectivity index (χ0n) is 21.6. The first-order chi connectivity index (χ1) is 18.9. The molecule has 4 rings (SSSR count). The molecule has 1 unspecified atom stereocenters. The summed E-state index contributed by atoms with van der Waals surface area (Å²) >= 11 is 1.42. The van der Waals surface area contributed by atoms with Crippen molar-refractivity contribution in [3.8, 4) is 0 Å². The molecule has 0 saturated carbocycles. The van der Waals surface area contributed by atoms with Crippen LogP contribution in [0, 0.1) is 6.92 Å². The Kier molecular flexibility index (Phi) is 9.37. The number of anilines is 2. The van der Waals surface area contributed by atoms with Crippen molar-refractivity contribution in [3.63, 3.8) is 0 Å². The summed E-state index contributed by atoms with van der Waals surface area (Å²) in [6.45, 7) is 3.93. The Balaban J connectivity index is 1.46. The number of hydrogen-bond donors (Lipinski definition) is 3. The van der Waals surface area contributed by atoms with Crippen molar-refractivity contribution in [2.45, 2.75) is 30.4 Å². The number of nitrogens with one attached hydrogen (secondary N) is 3. The second kappa shape index (κ2) is 13.3. The maximum atomic E-state index is 13.2. The Labute approximate surface area is 231 Å². The Morgan fingerprint density at radius 2 is 1.62 bits per heavy atom. The van der Waals surface area contributed by atoms with Gasteiger partial charge in [-0.2, -0.15) is 0 Å². The number of furan rings is 1. The van der Waals surface area contributed by atoms with Crippen molar-refractivity contribution >= 4 is 46.9 Å². The van der Waals surface area contributed by atoms with Gasteiger partial charge in [0.05, 0.1) is 11.5 Å². The van der Waals surface area contributed by atoms with Gasteiger partial charge in [0.1, 0.15) is 11.5 Å². The number of carbonyl (C=O) groups is 3. The van der Waals surface area contributed by atoms with E-state index in [4.69, 9.17) is 4.42 Å². The third kappa shape index (κ3) is 7.96. The van der Waals surface area contributed by atoms with Gasteiger partial charge in [0.15, 0.2) is 0 Å². The van der Waals surface area contributed by atoms with Crippen LogP contribution in [0.15, 0.2) is 112 Å². The SMILES string of the molecule is CCC(Sc1cccc(NC(=O)/C(=C/c2ccco2)NC(=O)c2ccccc2)c1)C(=O)Nc1cccc(C)c1. The van der Waals surface area contributed by atoms with Gasteiger partial charge in [0, 0.05) is 27.9 Å². The largest absolute Gasteiger partial charge is 0.465 e. The van der Waals surface area contributed by atoms with Gasteiger partial charge in [0.25, 0.3) is 11.8 Å². The van der Waals surface area contributed by atoms with E-state index in [1.807, 2.05) is 56.3 Å².